The van der Waals surface area contributed by atoms with E-state index in [1.54, 1.807) is 12.1 Å². The number of carboxylic acids is 1. The maximum atomic E-state index is 12.0. The largest absolute Gasteiger partial charge is 0.480 e. The number of fused-ring (bicyclic) bond motifs is 1. The molecule has 0 aliphatic carbocycles. The van der Waals surface area contributed by atoms with Crippen LogP contribution >= 0.6 is 15.9 Å². The van der Waals surface area contributed by atoms with Crippen LogP contribution in [0.3, 0.4) is 0 Å². The molecule has 0 aromatic heterocycles. The molecule has 0 bridgehead atoms. The summed E-state index contributed by atoms with van der Waals surface area (Å²) in [6.45, 7) is 0. The van der Waals surface area contributed by atoms with Gasteiger partial charge in [-0.05, 0) is 23.8 Å². The second-order valence-electron chi connectivity index (χ2n) is 3.55. The highest BCUT2D eigenvalue weighted by Gasteiger charge is 2.36. The van der Waals surface area contributed by atoms with Crippen LogP contribution in [0.1, 0.15) is 5.56 Å². The lowest BCUT2D eigenvalue weighted by atomic mass is 10.2. The summed E-state index contributed by atoms with van der Waals surface area (Å²) >= 11 is 3.17. The molecule has 0 fully saturated rings. The van der Waals surface area contributed by atoms with E-state index in [1.165, 1.54) is 12.1 Å². The Morgan fingerprint density at radius 1 is 1.41 bits per heavy atom. The summed E-state index contributed by atoms with van der Waals surface area (Å²) in [6, 6.07) is 3.17. The van der Waals surface area contributed by atoms with Gasteiger partial charge in [0.15, 0.2) is 0 Å². The van der Waals surface area contributed by atoms with Crippen LogP contribution in [0, 0.1) is 0 Å². The fraction of sp³-hybridized carbons (Fsp3) is 0.100. The van der Waals surface area contributed by atoms with Crippen molar-refractivity contribution < 1.29 is 18.3 Å². The lowest BCUT2D eigenvalue weighted by Crippen LogP contribution is -2.34. The Morgan fingerprint density at radius 3 is 2.65 bits per heavy atom. The second kappa shape index (κ2) is 3.94. The van der Waals surface area contributed by atoms with Crippen molar-refractivity contribution in [1.82, 2.24) is 0 Å². The van der Waals surface area contributed by atoms with E-state index in [0.29, 0.717) is 10.0 Å². The van der Waals surface area contributed by atoms with Gasteiger partial charge in [0.05, 0.1) is 9.80 Å². The van der Waals surface area contributed by atoms with Crippen molar-refractivity contribution in [2.24, 2.45) is 5.73 Å². The average molecular weight is 318 g/mol. The fourth-order valence-electron chi connectivity index (χ4n) is 1.60. The van der Waals surface area contributed by atoms with Crippen molar-refractivity contribution in [3.05, 3.63) is 33.1 Å². The van der Waals surface area contributed by atoms with Crippen molar-refractivity contribution in [1.29, 1.82) is 0 Å². The van der Waals surface area contributed by atoms with Crippen LogP contribution in [0.4, 0.5) is 0 Å². The predicted molar refractivity (Wildman–Crippen MR) is 64.9 cm³/mol. The molecule has 1 heterocycles. The molecule has 1 aromatic carbocycles. The number of hydrogen-bond acceptors (Lipinski definition) is 4. The SMILES string of the molecule is NC(C(=O)O)C1=Cc2ccc(Br)cc2S1(=O)=O. The van der Waals surface area contributed by atoms with Crippen LogP contribution < -0.4 is 5.73 Å². The van der Waals surface area contributed by atoms with Crippen LogP contribution in [-0.4, -0.2) is 25.5 Å². The topological polar surface area (TPSA) is 97.5 Å². The molecule has 7 heteroatoms. The van der Waals surface area contributed by atoms with E-state index in [0.717, 1.165) is 0 Å². The third-order valence-electron chi connectivity index (χ3n) is 2.45. The smallest absolute Gasteiger partial charge is 0.325 e. The molecule has 1 aliphatic heterocycles. The normalized spacial score (nSPS) is 18.4. The first-order valence-corrected chi connectivity index (χ1v) is 6.86. The zero-order valence-corrected chi connectivity index (χ0v) is 10.8. The minimum absolute atomic E-state index is 0.0820. The van der Waals surface area contributed by atoms with Crippen LogP contribution in [0.5, 0.6) is 0 Å². The molecule has 90 valence electrons. The summed E-state index contributed by atoms with van der Waals surface area (Å²) in [5, 5.41) is 8.77. The summed E-state index contributed by atoms with van der Waals surface area (Å²) < 4.78 is 24.7. The van der Waals surface area contributed by atoms with Gasteiger partial charge in [0.1, 0.15) is 6.04 Å². The Bertz CT molecular complexity index is 636. The Balaban J connectivity index is 2.61. The molecule has 0 spiro atoms. The summed E-state index contributed by atoms with van der Waals surface area (Å²) in [5.74, 6) is -1.37. The van der Waals surface area contributed by atoms with Crippen LogP contribution in [0.25, 0.3) is 6.08 Å². The summed E-state index contributed by atoms with van der Waals surface area (Å²) in [4.78, 5) is 10.6. The molecule has 0 amide bonds. The Morgan fingerprint density at radius 2 is 2.06 bits per heavy atom. The summed E-state index contributed by atoms with van der Waals surface area (Å²) in [6.07, 6.45) is 1.30. The quantitative estimate of drug-likeness (QED) is 0.847. The number of carboxylic acid groups (broad SMARTS) is 1. The van der Waals surface area contributed by atoms with Gasteiger partial charge in [-0.3, -0.25) is 4.79 Å². The Labute approximate surface area is 106 Å². The van der Waals surface area contributed by atoms with E-state index in [-0.39, 0.29) is 9.80 Å². The maximum Gasteiger partial charge on any atom is 0.325 e. The van der Waals surface area contributed by atoms with Gasteiger partial charge >= 0.3 is 5.97 Å². The number of hydrogen-bond donors (Lipinski definition) is 2. The van der Waals surface area contributed by atoms with E-state index in [9.17, 15) is 13.2 Å². The molecule has 5 nitrogen and oxygen atoms in total. The monoisotopic (exact) mass is 317 g/mol. The van der Waals surface area contributed by atoms with Crippen LogP contribution in [0.2, 0.25) is 0 Å². The lowest BCUT2D eigenvalue weighted by molar-refractivity contribution is -0.137. The third-order valence-corrected chi connectivity index (χ3v) is 4.86. The molecule has 3 N–H and O–H groups in total. The highest BCUT2D eigenvalue weighted by molar-refractivity contribution is 9.10. The molecule has 17 heavy (non-hydrogen) atoms. The highest BCUT2D eigenvalue weighted by Crippen LogP contribution is 2.35. The van der Waals surface area contributed by atoms with Gasteiger partial charge in [-0.15, -0.1) is 0 Å². The third kappa shape index (κ3) is 1.90. The predicted octanol–water partition coefficient (Wildman–Crippen LogP) is 0.989. The van der Waals surface area contributed by atoms with E-state index >= 15 is 0 Å². The van der Waals surface area contributed by atoms with Crippen molar-refractivity contribution in [3.63, 3.8) is 0 Å². The van der Waals surface area contributed by atoms with E-state index in [1.807, 2.05) is 0 Å². The molecular weight excluding hydrogens is 310 g/mol. The minimum atomic E-state index is -3.79. The fourth-order valence-corrected chi connectivity index (χ4v) is 3.80. The van der Waals surface area contributed by atoms with Gasteiger partial charge in [0.25, 0.3) is 0 Å². The Kier molecular flexibility index (Phi) is 2.84. The van der Waals surface area contributed by atoms with Gasteiger partial charge in [-0.25, -0.2) is 8.42 Å². The molecule has 1 unspecified atom stereocenters. The number of halogens is 1. The second-order valence-corrected chi connectivity index (χ2v) is 6.38. The van der Waals surface area contributed by atoms with E-state index in [2.05, 4.69) is 15.9 Å². The van der Waals surface area contributed by atoms with Crippen molar-refractivity contribution >= 4 is 37.8 Å². The number of aliphatic carboxylic acids is 1. The molecule has 1 atom stereocenters. The van der Waals surface area contributed by atoms with Crippen molar-refractivity contribution in [2.45, 2.75) is 10.9 Å². The zero-order valence-electron chi connectivity index (χ0n) is 8.42. The molecule has 1 aliphatic rings. The van der Waals surface area contributed by atoms with Crippen LogP contribution in [0.15, 0.2) is 32.5 Å². The van der Waals surface area contributed by atoms with Gasteiger partial charge in [0, 0.05) is 4.47 Å². The molecule has 0 saturated carbocycles. The first-order valence-electron chi connectivity index (χ1n) is 4.58. The van der Waals surface area contributed by atoms with E-state index in [4.69, 9.17) is 10.8 Å². The molecule has 0 radical (unpaired) electrons. The maximum absolute atomic E-state index is 12.0. The first kappa shape index (κ1) is 12.3. The highest BCUT2D eigenvalue weighted by atomic mass is 79.9. The lowest BCUT2D eigenvalue weighted by Gasteiger charge is -2.07. The number of benzene rings is 1. The summed E-state index contributed by atoms with van der Waals surface area (Å²) in [5.41, 5.74) is 5.81. The van der Waals surface area contributed by atoms with Crippen molar-refractivity contribution in [2.75, 3.05) is 0 Å². The molecular formula is C10H8BrNO4S. The zero-order chi connectivity index (χ0) is 12.8. The van der Waals surface area contributed by atoms with Crippen molar-refractivity contribution in [3.8, 4) is 0 Å². The molecule has 0 saturated heterocycles. The van der Waals surface area contributed by atoms with Gasteiger partial charge in [-0.2, -0.15) is 0 Å². The van der Waals surface area contributed by atoms with Gasteiger partial charge in [0.2, 0.25) is 9.84 Å². The minimum Gasteiger partial charge on any atom is -0.480 e. The molecule has 2 rings (SSSR count). The number of sulfone groups is 1. The first-order chi connectivity index (χ1) is 7.84. The average Bonchev–Trinajstić information content (AvgIpc) is 2.50. The standard InChI is InChI=1S/C10H8BrNO4S/c11-6-2-1-5-3-8(9(12)10(13)14)17(15,16)7(5)4-6/h1-4,9H,12H2,(H,13,14). The number of carbonyl (C=O) groups is 1. The number of rotatable bonds is 2. The van der Waals surface area contributed by atoms with Gasteiger partial charge in [-0.1, -0.05) is 22.0 Å². The Hall–Kier alpha value is -1.18. The van der Waals surface area contributed by atoms with Crippen LogP contribution in [-0.2, 0) is 14.6 Å². The van der Waals surface area contributed by atoms with Gasteiger partial charge < -0.3 is 10.8 Å². The number of nitrogens with two attached hydrogens (primary N) is 1. The summed E-state index contributed by atoms with van der Waals surface area (Å²) in [7, 11) is -3.79. The molecule has 1 aromatic rings. The van der Waals surface area contributed by atoms with E-state index < -0.39 is 21.8 Å².